The number of nitrogens with zero attached hydrogens (tertiary/aromatic N) is 2. The molecule has 1 aromatic rings. The summed E-state index contributed by atoms with van der Waals surface area (Å²) < 4.78 is 41.8. The quantitative estimate of drug-likeness (QED) is 0.280. The molecule has 0 aromatic carbocycles. The Labute approximate surface area is 104 Å². The summed E-state index contributed by atoms with van der Waals surface area (Å²) in [6.45, 7) is 0. The lowest BCUT2D eigenvalue weighted by Gasteiger charge is -2.09. The van der Waals surface area contributed by atoms with Gasteiger partial charge in [-0.05, 0) is 0 Å². The maximum absolute atomic E-state index is 12.5. The van der Waals surface area contributed by atoms with Gasteiger partial charge in [-0.25, -0.2) is 15.8 Å². The number of rotatable bonds is 4. The van der Waals surface area contributed by atoms with Crippen molar-refractivity contribution in [2.75, 3.05) is 18.3 Å². The molecule has 10 heteroatoms. The maximum Gasteiger partial charge on any atom is 0.433 e. The second-order valence-corrected chi connectivity index (χ2v) is 3.92. The van der Waals surface area contributed by atoms with Crippen LogP contribution in [-0.2, 0) is 15.7 Å². The van der Waals surface area contributed by atoms with Gasteiger partial charge in [-0.3, -0.25) is 10.2 Å². The lowest BCUT2D eigenvalue weighted by Crippen LogP contribution is -2.16. The molecule has 0 aliphatic carbocycles. The Morgan fingerprint density at radius 1 is 1.56 bits per heavy atom. The molecule has 1 rings (SSSR count). The molecule has 0 bridgehead atoms. The molecule has 1 aromatic heterocycles. The molecule has 6 nitrogen and oxygen atoms in total. The lowest BCUT2D eigenvalue weighted by atomic mass is 10.4. The SMILES string of the molecule is COC(=O)CSc1cc(C(F)(F)F)nc(NN)n1. The number of alkyl halides is 3. The number of esters is 1. The minimum atomic E-state index is -4.62. The van der Waals surface area contributed by atoms with Crippen molar-refractivity contribution in [1.82, 2.24) is 9.97 Å². The summed E-state index contributed by atoms with van der Waals surface area (Å²) in [5.41, 5.74) is 0.789. The summed E-state index contributed by atoms with van der Waals surface area (Å²) in [6, 6.07) is 0.731. The highest BCUT2D eigenvalue weighted by Gasteiger charge is 2.33. The molecule has 0 radical (unpaired) electrons. The van der Waals surface area contributed by atoms with Crippen molar-refractivity contribution in [2.24, 2.45) is 5.84 Å². The Bertz CT molecular complexity index is 441. The molecular formula is C8H9F3N4O2S. The zero-order valence-electron chi connectivity index (χ0n) is 9.11. The monoisotopic (exact) mass is 282 g/mol. The number of nitrogen functional groups attached to an aromatic ring is 1. The van der Waals surface area contributed by atoms with Crippen LogP contribution in [0.15, 0.2) is 11.1 Å². The van der Waals surface area contributed by atoms with Crippen LogP contribution in [0.5, 0.6) is 0 Å². The molecule has 0 unspecified atom stereocenters. The molecule has 0 saturated heterocycles. The minimum absolute atomic E-state index is 0.0318. The van der Waals surface area contributed by atoms with E-state index in [1.54, 1.807) is 0 Å². The summed E-state index contributed by atoms with van der Waals surface area (Å²) >= 11 is 0.792. The van der Waals surface area contributed by atoms with Crippen molar-refractivity contribution >= 4 is 23.7 Å². The van der Waals surface area contributed by atoms with Crippen LogP contribution in [0.3, 0.4) is 0 Å². The molecule has 0 fully saturated rings. The third kappa shape index (κ3) is 4.04. The Morgan fingerprint density at radius 2 is 2.22 bits per heavy atom. The van der Waals surface area contributed by atoms with Gasteiger partial charge in [0.15, 0.2) is 5.69 Å². The van der Waals surface area contributed by atoms with Crippen molar-refractivity contribution in [1.29, 1.82) is 0 Å². The second kappa shape index (κ2) is 5.87. The molecule has 1 heterocycles. The van der Waals surface area contributed by atoms with Crippen molar-refractivity contribution in [3.63, 3.8) is 0 Å². The van der Waals surface area contributed by atoms with Crippen LogP contribution in [0.1, 0.15) is 5.69 Å². The topological polar surface area (TPSA) is 90.1 Å². The van der Waals surface area contributed by atoms with Gasteiger partial charge in [0.2, 0.25) is 5.95 Å². The van der Waals surface area contributed by atoms with Gasteiger partial charge in [-0.15, -0.1) is 0 Å². The number of methoxy groups -OCH3 is 1. The predicted molar refractivity (Wildman–Crippen MR) is 57.6 cm³/mol. The van der Waals surface area contributed by atoms with Crippen LogP contribution in [0.4, 0.5) is 19.1 Å². The summed E-state index contributed by atoms with van der Waals surface area (Å²) in [5, 5.41) is -0.0318. The number of aromatic nitrogens is 2. The number of carbonyl (C=O) groups excluding carboxylic acids is 1. The molecule has 100 valence electrons. The van der Waals surface area contributed by atoms with Gasteiger partial charge in [-0.1, -0.05) is 11.8 Å². The Balaban J connectivity index is 2.94. The number of hydrogen-bond acceptors (Lipinski definition) is 7. The fourth-order valence-electron chi connectivity index (χ4n) is 0.900. The predicted octanol–water partition coefficient (Wildman–Crippen LogP) is 1.05. The van der Waals surface area contributed by atoms with Crippen molar-refractivity contribution in [3.8, 4) is 0 Å². The summed E-state index contributed by atoms with van der Waals surface area (Å²) in [4.78, 5) is 17.7. The molecule has 0 amide bonds. The lowest BCUT2D eigenvalue weighted by molar-refractivity contribution is -0.141. The molecule has 0 saturated carbocycles. The van der Waals surface area contributed by atoms with Gasteiger partial charge in [-0.2, -0.15) is 13.2 Å². The van der Waals surface area contributed by atoms with E-state index in [4.69, 9.17) is 5.84 Å². The van der Waals surface area contributed by atoms with Crippen LogP contribution in [0.25, 0.3) is 0 Å². The highest BCUT2D eigenvalue weighted by molar-refractivity contribution is 7.99. The first-order valence-electron chi connectivity index (χ1n) is 4.49. The smallest absolute Gasteiger partial charge is 0.433 e. The van der Waals surface area contributed by atoms with Crippen LogP contribution < -0.4 is 11.3 Å². The van der Waals surface area contributed by atoms with E-state index >= 15 is 0 Å². The number of hydrazine groups is 1. The van der Waals surface area contributed by atoms with E-state index in [9.17, 15) is 18.0 Å². The van der Waals surface area contributed by atoms with Crippen LogP contribution in [0, 0.1) is 0 Å². The molecule has 0 spiro atoms. The van der Waals surface area contributed by atoms with E-state index in [0.717, 1.165) is 17.8 Å². The van der Waals surface area contributed by atoms with Crippen LogP contribution in [-0.4, -0.2) is 28.8 Å². The van der Waals surface area contributed by atoms with Gasteiger partial charge in [0.1, 0.15) is 5.03 Å². The fraction of sp³-hybridized carbons (Fsp3) is 0.375. The third-order valence-corrected chi connectivity index (χ3v) is 2.57. The van der Waals surface area contributed by atoms with Crippen molar-refractivity contribution in [3.05, 3.63) is 11.8 Å². The molecule has 0 aliphatic heterocycles. The van der Waals surface area contributed by atoms with Crippen molar-refractivity contribution < 1.29 is 22.7 Å². The van der Waals surface area contributed by atoms with E-state index in [1.807, 2.05) is 5.43 Å². The molecule has 0 aliphatic rings. The Morgan fingerprint density at radius 3 is 2.72 bits per heavy atom. The van der Waals surface area contributed by atoms with Gasteiger partial charge in [0.25, 0.3) is 0 Å². The molecule has 3 N–H and O–H groups in total. The van der Waals surface area contributed by atoms with Crippen LogP contribution >= 0.6 is 11.8 Å². The van der Waals surface area contributed by atoms with E-state index in [-0.39, 0.29) is 16.7 Å². The zero-order chi connectivity index (χ0) is 13.8. The highest BCUT2D eigenvalue weighted by Crippen LogP contribution is 2.30. The Kier molecular flexibility index (Phi) is 4.73. The first-order chi connectivity index (χ1) is 8.36. The second-order valence-electron chi connectivity index (χ2n) is 2.92. The first-order valence-corrected chi connectivity index (χ1v) is 5.48. The number of nitrogens with one attached hydrogen (secondary N) is 1. The summed E-state index contributed by atoms with van der Waals surface area (Å²) in [6.07, 6.45) is -4.62. The van der Waals surface area contributed by atoms with Gasteiger partial charge < -0.3 is 4.74 Å². The highest BCUT2D eigenvalue weighted by atomic mass is 32.2. The minimum Gasteiger partial charge on any atom is -0.468 e. The van der Waals surface area contributed by atoms with Gasteiger partial charge >= 0.3 is 12.1 Å². The number of thioether (sulfide) groups is 1. The molecular weight excluding hydrogens is 273 g/mol. The van der Waals surface area contributed by atoms with E-state index in [2.05, 4.69) is 14.7 Å². The van der Waals surface area contributed by atoms with E-state index in [0.29, 0.717) is 0 Å². The standard InChI is InChI=1S/C8H9F3N4O2S/c1-17-6(16)3-18-5-2-4(8(9,10)11)13-7(14-5)15-12/h2H,3,12H2,1H3,(H,13,14,15). The average Bonchev–Trinajstić information content (AvgIpc) is 2.34. The molecule has 0 atom stereocenters. The van der Waals surface area contributed by atoms with Crippen molar-refractivity contribution in [2.45, 2.75) is 11.2 Å². The summed E-state index contributed by atoms with van der Waals surface area (Å²) in [7, 11) is 1.18. The van der Waals surface area contributed by atoms with E-state index in [1.165, 1.54) is 7.11 Å². The molecule has 18 heavy (non-hydrogen) atoms. The van der Waals surface area contributed by atoms with Crippen LogP contribution in [0.2, 0.25) is 0 Å². The number of carbonyl (C=O) groups is 1. The number of anilines is 1. The fourth-order valence-corrected chi connectivity index (χ4v) is 1.63. The third-order valence-electron chi connectivity index (χ3n) is 1.69. The number of hydrogen-bond donors (Lipinski definition) is 2. The summed E-state index contributed by atoms with van der Waals surface area (Å²) in [5.74, 6) is 3.86. The normalized spacial score (nSPS) is 11.2. The first kappa shape index (κ1) is 14.5. The van der Waals surface area contributed by atoms with E-state index < -0.39 is 17.8 Å². The number of halogens is 3. The average molecular weight is 282 g/mol. The zero-order valence-corrected chi connectivity index (χ0v) is 9.93. The largest absolute Gasteiger partial charge is 0.468 e. The number of ether oxygens (including phenoxy) is 1. The van der Waals surface area contributed by atoms with Gasteiger partial charge in [0.05, 0.1) is 12.9 Å². The van der Waals surface area contributed by atoms with Gasteiger partial charge in [0, 0.05) is 6.07 Å². The maximum atomic E-state index is 12.5. The number of nitrogens with two attached hydrogens (primary N) is 1. The Hall–Kier alpha value is -1.55.